The van der Waals surface area contributed by atoms with Crippen molar-refractivity contribution in [3.63, 3.8) is 0 Å². The zero-order valence-corrected chi connectivity index (χ0v) is 15.2. The molecule has 134 valence electrons. The molecule has 25 heavy (non-hydrogen) atoms. The van der Waals surface area contributed by atoms with Crippen LogP contribution in [0.3, 0.4) is 0 Å². The fraction of sp³-hybridized carbons (Fsp3) is 0.278. The lowest BCUT2D eigenvalue weighted by molar-refractivity contribution is 0.102. The molecule has 2 aromatic carbocycles. The van der Waals surface area contributed by atoms with Crippen LogP contribution in [0.1, 0.15) is 22.8 Å². The van der Waals surface area contributed by atoms with E-state index in [0.29, 0.717) is 34.9 Å². The first-order valence-electron chi connectivity index (χ1n) is 7.71. The molecule has 0 saturated carbocycles. The lowest BCUT2D eigenvalue weighted by Gasteiger charge is -2.12. The first-order chi connectivity index (χ1) is 11.8. The summed E-state index contributed by atoms with van der Waals surface area (Å²) in [6.45, 7) is 2.39. The minimum Gasteiger partial charge on any atom is -0.493 e. The van der Waals surface area contributed by atoms with Gasteiger partial charge < -0.3 is 14.8 Å². The van der Waals surface area contributed by atoms with Gasteiger partial charge in [0.15, 0.2) is 21.3 Å². The zero-order valence-electron chi connectivity index (χ0n) is 14.4. The molecule has 0 fully saturated rings. The molecule has 2 rings (SSSR count). The van der Waals surface area contributed by atoms with Crippen molar-refractivity contribution in [3.8, 4) is 11.5 Å². The summed E-state index contributed by atoms with van der Waals surface area (Å²) >= 11 is 0. The summed E-state index contributed by atoms with van der Waals surface area (Å²) in [5.74, 6) is 0.791. The van der Waals surface area contributed by atoms with Crippen LogP contribution in [-0.2, 0) is 15.6 Å². The quantitative estimate of drug-likeness (QED) is 0.818. The summed E-state index contributed by atoms with van der Waals surface area (Å²) in [5, 5.41) is 2.78. The Morgan fingerprint density at radius 3 is 2.32 bits per heavy atom. The summed E-state index contributed by atoms with van der Waals surface area (Å²) in [6.07, 6.45) is 1.17. The van der Waals surface area contributed by atoms with Gasteiger partial charge in [-0.1, -0.05) is 12.1 Å². The van der Waals surface area contributed by atoms with E-state index in [1.54, 1.807) is 42.5 Å². The highest BCUT2D eigenvalue weighted by atomic mass is 32.2. The molecule has 0 aliphatic carbocycles. The molecular weight excluding hydrogens is 342 g/mol. The first-order valence-corrected chi connectivity index (χ1v) is 9.77. The topological polar surface area (TPSA) is 81.7 Å². The number of amides is 1. The van der Waals surface area contributed by atoms with Crippen molar-refractivity contribution < 1.29 is 22.7 Å². The van der Waals surface area contributed by atoms with E-state index in [2.05, 4.69) is 5.32 Å². The van der Waals surface area contributed by atoms with Gasteiger partial charge in [0.05, 0.1) is 19.5 Å². The van der Waals surface area contributed by atoms with Crippen molar-refractivity contribution in [1.82, 2.24) is 0 Å². The molecular formula is C18H21NO5S. The van der Waals surface area contributed by atoms with Gasteiger partial charge in [-0.25, -0.2) is 8.42 Å². The Bertz CT molecular complexity index is 844. The smallest absolute Gasteiger partial charge is 0.255 e. The van der Waals surface area contributed by atoms with Crippen molar-refractivity contribution >= 4 is 21.4 Å². The highest BCUT2D eigenvalue weighted by Crippen LogP contribution is 2.30. The molecule has 0 unspecified atom stereocenters. The predicted octanol–water partition coefficient (Wildman–Crippen LogP) is 2.89. The molecule has 7 heteroatoms. The van der Waals surface area contributed by atoms with Gasteiger partial charge in [0.2, 0.25) is 0 Å². The molecule has 1 N–H and O–H groups in total. The maximum absolute atomic E-state index is 12.3. The van der Waals surface area contributed by atoms with E-state index in [9.17, 15) is 13.2 Å². The number of rotatable bonds is 7. The van der Waals surface area contributed by atoms with Crippen LogP contribution < -0.4 is 14.8 Å². The van der Waals surface area contributed by atoms with E-state index in [4.69, 9.17) is 9.47 Å². The largest absolute Gasteiger partial charge is 0.493 e. The Hall–Kier alpha value is -2.54. The number of ether oxygens (including phenoxy) is 2. The standard InChI is InChI=1S/C18H21NO5S/c1-4-24-16-10-9-15(11-17(16)23-2)19-18(20)14-7-5-13(6-8-14)12-25(3,21)22/h5-11H,4,12H2,1-3H3,(H,19,20). The third-order valence-electron chi connectivity index (χ3n) is 3.37. The van der Waals surface area contributed by atoms with Gasteiger partial charge in [0.25, 0.3) is 5.91 Å². The molecule has 1 amide bonds. The normalized spacial score (nSPS) is 11.0. The second-order valence-corrected chi connectivity index (χ2v) is 7.66. The van der Waals surface area contributed by atoms with Crippen LogP contribution in [0.5, 0.6) is 11.5 Å². The number of anilines is 1. The first kappa shape index (κ1) is 18.8. The molecule has 0 saturated heterocycles. The molecule has 0 heterocycles. The SMILES string of the molecule is CCOc1ccc(NC(=O)c2ccc(CS(C)(=O)=O)cc2)cc1OC. The molecule has 0 bridgehead atoms. The van der Waals surface area contributed by atoms with Gasteiger partial charge in [-0.15, -0.1) is 0 Å². The summed E-state index contributed by atoms with van der Waals surface area (Å²) < 4.78 is 33.3. The van der Waals surface area contributed by atoms with Crippen LogP contribution in [0.4, 0.5) is 5.69 Å². The van der Waals surface area contributed by atoms with Gasteiger partial charge in [-0.05, 0) is 36.8 Å². The lowest BCUT2D eigenvalue weighted by Crippen LogP contribution is -2.12. The fourth-order valence-electron chi connectivity index (χ4n) is 2.28. The summed E-state index contributed by atoms with van der Waals surface area (Å²) in [7, 11) is -1.57. The number of benzene rings is 2. The number of carbonyl (C=O) groups is 1. The van der Waals surface area contributed by atoms with Crippen molar-refractivity contribution in [2.24, 2.45) is 0 Å². The van der Waals surface area contributed by atoms with E-state index >= 15 is 0 Å². The zero-order chi connectivity index (χ0) is 18.4. The number of methoxy groups -OCH3 is 1. The number of hydrogen-bond acceptors (Lipinski definition) is 5. The Kier molecular flexibility index (Phi) is 6.03. The maximum Gasteiger partial charge on any atom is 0.255 e. The van der Waals surface area contributed by atoms with Crippen molar-refractivity contribution in [2.75, 3.05) is 25.3 Å². The average Bonchev–Trinajstić information content (AvgIpc) is 2.55. The van der Waals surface area contributed by atoms with Crippen molar-refractivity contribution in [2.45, 2.75) is 12.7 Å². The lowest BCUT2D eigenvalue weighted by atomic mass is 10.1. The molecule has 6 nitrogen and oxygen atoms in total. The number of carbonyl (C=O) groups excluding carboxylic acids is 1. The minimum absolute atomic E-state index is 0.0506. The third kappa shape index (κ3) is 5.49. The monoisotopic (exact) mass is 363 g/mol. The van der Waals surface area contributed by atoms with Crippen molar-refractivity contribution in [1.29, 1.82) is 0 Å². The highest BCUT2D eigenvalue weighted by Gasteiger charge is 2.11. The maximum atomic E-state index is 12.3. The van der Waals surface area contributed by atoms with Gasteiger partial charge >= 0.3 is 0 Å². The van der Waals surface area contributed by atoms with E-state index in [-0.39, 0.29) is 11.7 Å². The molecule has 0 aliphatic heterocycles. The Morgan fingerprint density at radius 1 is 1.08 bits per heavy atom. The van der Waals surface area contributed by atoms with Crippen LogP contribution in [-0.4, -0.2) is 34.3 Å². The Morgan fingerprint density at radius 2 is 1.76 bits per heavy atom. The predicted molar refractivity (Wildman–Crippen MR) is 97.1 cm³/mol. The van der Waals surface area contributed by atoms with Crippen LogP contribution in [0.15, 0.2) is 42.5 Å². The van der Waals surface area contributed by atoms with Gasteiger partial charge in [0, 0.05) is 23.6 Å². The van der Waals surface area contributed by atoms with Crippen LogP contribution in [0, 0.1) is 0 Å². The summed E-state index contributed by atoms with van der Waals surface area (Å²) in [5.41, 5.74) is 1.65. The molecule has 0 aliphatic rings. The molecule has 0 aromatic heterocycles. The van der Waals surface area contributed by atoms with Gasteiger partial charge in [0.1, 0.15) is 0 Å². The van der Waals surface area contributed by atoms with E-state index < -0.39 is 9.84 Å². The van der Waals surface area contributed by atoms with Gasteiger partial charge in [-0.2, -0.15) is 0 Å². The molecule has 0 atom stereocenters. The number of nitrogens with one attached hydrogen (secondary N) is 1. The Balaban J connectivity index is 2.11. The van der Waals surface area contributed by atoms with Crippen LogP contribution in [0.2, 0.25) is 0 Å². The van der Waals surface area contributed by atoms with Crippen LogP contribution in [0.25, 0.3) is 0 Å². The molecule has 2 aromatic rings. The molecule has 0 radical (unpaired) electrons. The number of sulfone groups is 1. The highest BCUT2D eigenvalue weighted by molar-refractivity contribution is 7.89. The van der Waals surface area contributed by atoms with E-state index in [1.807, 2.05) is 6.92 Å². The molecule has 0 spiro atoms. The number of hydrogen-bond donors (Lipinski definition) is 1. The summed E-state index contributed by atoms with van der Waals surface area (Å²) in [4.78, 5) is 12.3. The second-order valence-electron chi connectivity index (χ2n) is 5.52. The van der Waals surface area contributed by atoms with Crippen molar-refractivity contribution in [3.05, 3.63) is 53.6 Å². The summed E-state index contributed by atoms with van der Waals surface area (Å²) in [6, 6.07) is 11.6. The van der Waals surface area contributed by atoms with E-state index in [0.717, 1.165) is 0 Å². The Labute approximate surface area is 147 Å². The average molecular weight is 363 g/mol. The second kappa shape index (κ2) is 8.02. The van der Waals surface area contributed by atoms with Gasteiger partial charge in [-0.3, -0.25) is 4.79 Å². The minimum atomic E-state index is -3.10. The third-order valence-corrected chi connectivity index (χ3v) is 4.22. The fourth-order valence-corrected chi connectivity index (χ4v) is 3.08. The van der Waals surface area contributed by atoms with Crippen LogP contribution >= 0.6 is 0 Å². The van der Waals surface area contributed by atoms with E-state index in [1.165, 1.54) is 13.4 Å².